The van der Waals surface area contributed by atoms with Crippen molar-refractivity contribution in [2.45, 2.75) is 45.8 Å². The van der Waals surface area contributed by atoms with Gasteiger partial charge in [0.15, 0.2) is 17.0 Å². The number of anilines is 2. The van der Waals surface area contributed by atoms with E-state index in [0.29, 0.717) is 45.0 Å². The molecule has 1 aromatic carbocycles. The van der Waals surface area contributed by atoms with Crippen molar-refractivity contribution in [1.29, 1.82) is 0 Å². The lowest BCUT2D eigenvalue weighted by Gasteiger charge is -2.12. The van der Waals surface area contributed by atoms with Crippen LogP contribution in [0, 0.1) is 11.8 Å². The second-order valence-corrected chi connectivity index (χ2v) is 7.76. The van der Waals surface area contributed by atoms with Crippen LogP contribution in [0.2, 0.25) is 10.0 Å². The van der Waals surface area contributed by atoms with Crippen LogP contribution >= 0.6 is 23.2 Å². The predicted octanol–water partition coefficient (Wildman–Crippen LogP) is 4.97. The van der Waals surface area contributed by atoms with Crippen LogP contribution in [0.1, 0.15) is 46.0 Å². The fourth-order valence-corrected chi connectivity index (χ4v) is 2.73. The number of imidazole rings is 1. The molecular formula is C20H21Cl2N5O. The summed E-state index contributed by atoms with van der Waals surface area (Å²) >= 11 is 12.1. The number of hydrogen-bond donors (Lipinski definition) is 2. The zero-order valence-electron chi connectivity index (χ0n) is 16.1. The van der Waals surface area contributed by atoms with Crippen molar-refractivity contribution in [2.24, 2.45) is 0 Å². The highest BCUT2D eigenvalue weighted by molar-refractivity contribution is 6.42. The molecule has 0 radical (unpaired) electrons. The highest BCUT2D eigenvalue weighted by Crippen LogP contribution is 2.29. The van der Waals surface area contributed by atoms with E-state index >= 15 is 0 Å². The van der Waals surface area contributed by atoms with E-state index in [9.17, 15) is 5.11 Å². The van der Waals surface area contributed by atoms with E-state index < -0.39 is 5.60 Å². The Morgan fingerprint density at radius 1 is 1.25 bits per heavy atom. The third-order valence-corrected chi connectivity index (χ3v) is 5.03. The Morgan fingerprint density at radius 3 is 2.64 bits per heavy atom. The lowest BCUT2D eigenvalue weighted by molar-refractivity contribution is 0.118. The topological polar surface area (TPSA) is 75.9 Å². The van der Waals surface area contributed by atoms with E-state index in [2.05, 4.69) is 32.1 Å². The summed E-state index contributed by atoms with van der Waals surface area (Å²) in [6, 6.07) is 5.38. The molecule has 2 N–H and O–H groups in total. The first-order valence-electron chi connectivity index (χ1n) is 8.92. The molecular weight excluding hydrogens is 397 g/mol. The molecule has 0 aliphatic heterocycles. The summed E-state index contributed by atoms with van der Waals surface area (Å²) in [5, 5.41) is 14.3. The van der Waals surface area contributed by atoms with Crippen LogP contribution in [-0.2, 0) is 0 Å². The van der Waals surface area contributed by atoms with Gasteiger partial charge in [-0.15, -0.1) is 0 Å². The third-order valence-electron chi connectivity index (χ3n) is 4.29. The molecule has 6 nitrogen and oxygen atoms in total. The van der Waals surface area contributed by atoms with Crippen molar-refractivity contribution >= 4 is 45.9 Å². The normalized spacial score (nSPS) is 13.3. The maximum atomic E-state index is 10.2. The molecule has 0 aliphatic rings. The Kier molecular flexibility index (Phi) is 5.80. The van der Waals surface area contributed by atoms with Gasteiger partial charge < -0.3 is 15.0 Å². The molecule has 0 bridgehead atoms. The minimum absolute atomic E-state index is 0.164. The van der Waals surface area contributed by atoms with Crippen LogP contribution < -0.4 is 5.32 Å². The Morgan fingerprint density at radius 2 is 2.00 bits per heavy atom. The van der Waals surface area contributed by atoms with Crippen molar-refractivity contribution < 1.29 is 5.11 Å². The highest BCUT2D eigenvalue weighted by Gasteiger charge is 2.16. The van der Waals surface area contributed by atoms with Gasteiger partial charge in [-0.2, -0.15) is 0 Å². The van der Waals surface area contributed by atoms with Gasteiger partial charge in [-0.1, -0.05) is 36.0 Å². The monoisotopic (exact) mass is 417 g/mol. The Hall–Kier alpha value is -2.33. The van der Waals surface area contributed by atoms with Gasteiger partial charge in [0.1, 0.15) is 5.60 Å². The van der Waals surface area contributed by atoms with Crippen molar-refractivity contribution in [2.75, 3.05) is 5.32 Å². The molecule has 2 heterocycles. The number of nitrogens with one attached hydrogen (secondary N) is 1. The smallest absolute Gasteiger partial charge is 0.209 e. The molecule has 0 fully saturated rings. The van der Waals surface area contributed by atoms with Gasteiger partial charge in [0, 0.05) is 11.7 Å². The van der Waals surface area contributed by atoms with Gasteiger partial charge in [-0.3, -0.25) is 0 Å². The molecule has 1 atom stereocenters. The summed E-state index contributed by atoms with van der Waals surface area (Å²) in [6.45, 7) is 7.61. The van der Waals surface area contributed by atoms with E-state index in [1.165, 1.54) is 0 Å². The molecule has 3 aromatic rings. The Balaban J connectivity index is 2.12. The van der Waals surface area contributed by atoms with E-state index in [0.717, 1.165) is 0 Å². The van der Waals surface area contributed by atoms with Crippen LogP contribution in [0.25, 0.3) is 11.2 Å². The molecule has 146 valence electrons. The summed E-state index contributed by atoms with van der Waals surface area (Å²) in [5.41, 5.74) is 0.891. The molecule has 3 rings (SSSR count). The molecule has 0 spiro atoms. The first-order valence-corrected chi connectivity index (χ1v) is 9.68. The number of halogens is 2. The number of rotatable bonds is 4. The lowest BCUT2D eigenvalue weighted by atomic mass is 10.1. The molecule has 0 unspecified atom stereocenters. The minimum Gasteiger partial charge on any atom is -0.378 e. The number of nitrogens with zero attached hydrogens (tertiary/aromatic N) is 4. The molecule has 0 saturated carbocycles. The van der Waals surface area contributed by atoms with Crippen LogP contribution in [-0.4, -0.2) is 30.2 Å². The number of aliphatic hydroxyl groups is 1. The van der Waals surface area contributed by atoms with E-state index in [1.54, 1.807) is 31.5 Å². The van der Waals surface area contributed by atoms with Gasteiger partial charge in [0.05, 0.1) is 16.4 Å². The fourth-order valence-electron chi connectivity index (χ4n) is 2.43. The summed E-state index contributed by atoms with van der Waals surface area (Å²) < 4.78 is 1.94. The van der Waals surface area contributed by atoms with Crippen LogP contribution in [0.15, 0.2) is 24.5 Å². The van der Waals surface area contributed by atoms with Gasteiger partial charge in [0.2, 0.25) is 5.82 Å². The molecule has 28 heavy (non-hydrogen) atoms. The van der Waals surface area contributed by atoms with E-state index in [-0.39, 0.29) is 6.04 Å². The second-order valence-electron chi connectivity index (χ2n) is 6.94. The molecule has 8 heteroatoms. The number of aromatic nitrogens is 4. The third kappa shape index (κ3) is 4.39. The maximum absolute atomic E-state index is 10.2. The zero-order valence-corrected chi connectivity index (χ0v) is 17.6. The van der Waals surface area contributed by atoms with Crippen molar-refractivity contribution in [3.63, 3.8) is 0 Å². The minimum atomic E-state index is -1.10. The summed E-state index contributed by atoms with van der Waals surface area (Å²) in [4.78, 5) is 13.5. The molecule has 2 aromatic heterocycles. The standard InChI is InChI=1S/C20H21Cl2N5O/c1-5-20(4,28)9-8-16-25-18(24-13-6-7-14(21)15(22)10-13)17-19(26-16)27(11-23-17)12(2)3/h6-7,10-12,28H,5H2,1-4H3,(H,24,25,26)/t20-/m1/s1. The summed E-state index contributed by atoms with van der Waals surface area (Å²) in [5.74, 6) is 6.50. The van der Waals surface area contributed by atoms with Crippen molar-refractivity contribution in [1.82, 2.24) is 19.5 Å². The zero-order chi connectivity index (χ0) is 20.5. The van der Waals surface area contributed by atoms with Crippen LogP contribution in [0.3, 0.4) is 0 Å². The van der Waals surface area contributed by atoms with E-state index in [4.69, 9.17) is 23.2 Å². The Labute approximate surface area is 173 Å². The number of hydrogen-bond acceptors (Lipinski definition) is 5. The largest absolute Gasteiger partial charge is 0.378 e. The molecule has 0 aliphatic carbocycles. The lowest BCUT2D eigenvalue weighted by Crippen LogP contribution is -2.19. The van der Waals surface area contributed by atoms with Crippen LogP contribution in [0.4, 0.5) is 11.5 Å². The highest BCUT2D eigenvalue weighted by atomic mass is 35.5. The second kappa shape index (κ2) is 7.96. The molecule has 0 saturated heterocycles. The van der Waals surface area contributed by atoms with Crippen molar-refractivity contribution in [3.05, 3.63) is 40.4 Å². The maximum Gasteiger partial charge on any atom is 0.209 e. The first-order chi connectivity index (χ1) is 13.2. The SMILES string of the molecule is CC[C@@](C)(O)C#Cc1nc(Nc2ccc(Cl)c(Cl)c2)c2ncn(C(C)C)c2n1. The summed E-state index contributed by atoms with van der Waals surface area (Å²) in [7, 11) is 0. The Bertz CT molecular complexity index is 1080. The predicted molar refractivity (Wildman–Crippen MR) is 113 cm³/mol. The van der Waals surface area contributed by atoms with Gasteiger partial charge in [-0.25, -0.2) is 15.0 Å². The average Bonchev–Trinajstić information content (AvgIpc) is 3.08. The number of benzene rings is 1. The van der Waals surface area contributed by atoms with Gasteiger partial charge >= 0.3 is 0 Å². The summed E-state index contributed by atoms with van der Waals surface area (Å²) in [6.07, 6.45) is 2.23. The van der Waals surface area contributed by atoms with Crippen LogP contribution in [0.5, 0.6) is 0 Å². The average molecular weight is 418 g/mol. The van der Waals surface area contributed by atoms with E-state index in [1.807, 2.05) is 25.3 Å². The van der Waals surface area contributed by atoms with Gasteiger partial charge in [0.25, 0.3) is 0 Å². The fraction of sp³-hybridized carbons (Fsp3) is 0.350. The quantitative estimate of drug-likeness (QED) is 0.585. The first kappa shape index (κ1) is 20.4. The van der Waals surface area contributed by atoms with Gasteiger partial charge in [-0.05, 0) is 51.3 Å². The molecule has 0 amide bonds. The number of fused-ring (bicyclic) bond motifs is 1. The van der Waals surface area contributed by atoms with Crippen molar-refractivity contribution in [3.8, 4) is 11.8 Å².